The lowest BCUT2D eigenvalue weighted by Gasteiger charge is -2.11. The SMILES string of the molecule is COc1ccc(Br)cc1COc1ccc(N)c(F)c1. The van der Waals surface area contributed by atoms with Crippen LogP contribution in [0.25, 0.3) is 0 Å². The van der Waals surface area contributed by atoms with Crippen LogP contribution in [0.1, 0.15) is 5.56 Å². The van der Waals surface area contributed by atoms with Crippen molar-refractivity contribution >= 4 is 21.6 Å². The van der Waals surface area contributed by atoms with Crippen molar-refractivity contribution in [3.8, 4) is 11.5 Å². The predicted octanol–water partition coefficient (Wildman–Crippen LogP) is 3.76. The van der Waals surface area contributed by atoms with E-state index in [1.54, 1.807) is 13.2 Å². The number of benzene rings is 2. The molecule has 0 aliphatic heterocycles. The third-order valence-electron chi connectivity index (χ3n) is 2.61. The van der Waals surface area contributed by atoms with E-state index < -0.39 is 5.82 Å². The van der Waals surface area contributed by atoms with Gasteiger partial charge in [0.1, 0.15) is 23.9 Å². The first-order valence-corrected chi connectivity index (χ1v) is 6.39. The number of hydrogen-bond donors (Lipinski definition) is 1. The number of ether oxygens (including phenoxy) is 2. The molecule has 2 aromatic rings. The van der Waals surface area contributed by atoms with Crippen molar-refractivity contribution in [1.82, 2.24) is 0 Å². The Morgan fingerprint density at radius 1 is 1.21 bits per heavy atom. The van der Waals surface area contributed by atoms with Crippen molar-refractivity contribution in [1.29, 1.82) is 0 Å². The van der Waals surface area contributed by atoms with Gasteiger partial charge in [-0.15, -0.1) is 0 Å². The molecule has 100 valence electrons. The molecular formula is C14H13BrFNO2. The lowest BCUT2D eigenvalue weighted by Crippen LogP contribution is -2.00. The number of hydrogen-bond acceptors (Lipinski definition) is 3. The Morgan fingerprint density at radius 3 is 2.68 bits per heavy atom. The molecule has 19 heavy (non-hydrogen) atoms. The summed E-state index contributed by atoms with van der Waals surface area (Å²) < 4.78 is 25.0. The van der Waals surface area contributed by atoms with Crippen molar-refractivity contribution < 1.29 is 13.9 Å². The Kier molecular flexibility index (Phi) is 4.27. The maximum absolute atomic E-state index is 13.3. The second-order valence-corrected chi connectivity index (χ2v) is 4.84. The lowest BCUT2D eigenvalue weighted by molar-refractivity contribution is 0.295. The fourth-order valence-electron chi connectivity index (χ4n) is 1.62. The topological polar surface area (TPSA) is 44.5 Å². The highest BCUT2D eigenvalue weighted by atomic mass is 79.9. The monoisotopic (exact) mass is 325 g/mol. The highest BCUT2D eigenvalue weighted by Crippen LogP contribution is 2.25. The fraction of sp³-hybridized carbons (Fsp3) is 0.143. The molecule has 0 radical (unpaired) electrons. The van der Waals surface area contributed by atoms with E-state index in [2.05, 4.69) is 15.9 Å². The molecule has 0 heterocycles. The van der Waals surface area contributed by atoms with Gasteiger partial charge >= 0.3 is 0 Å². The minimum atomic E-state index is -0.487. The summed E-state index contributed by atoms with van der Waals surface area (Å²) in [6.45, 7) is 0.284. The number of nitrogens with two attached hydrogens (primary N) is 1. The number of anilines is 1. The number of halogens is 2. The quantitative estimate of drug-likeness (QED) is 0.870. The van der Waals surface area contributed by atoms with Crippen LogP contribution in [0.4, 0.5) is 10.1 Å². The molecule has 0 aliphatic carbocycles. The molecule has 0 fully saturated rings. The Morgan fingerprint density at radius 2 is 2.00 bits per heavy atom. The van der Waals surface area contributed by atoms with E-state index in [0.29, 0.717) is 5.75 Å². The highest BCUT2D eigenvalue weighted by molar-refractivity contribution is 9.10. The van der Waals surface area contributed by atoms with Gasteiger partial charge in [0.15, 0.2) is 0 Å². The van der Waals surface area contributed by atoms with E-state index in [0.717, 1.165) is 15.8 Å². The molecule has 0 saturated carbocycles. The smallest absolute Gasteiger partial charge is 0.149 e. The summed E-state index contributed by atoms with van der Waals surface area (Å²) in [6, 6.07) is 9.98. The predicted molar refractivity (Wildman–Crippen MR) is 75.8 cm³/mol. The molecule has 3 nitrogen and oxygen atoms in total. The Bertz CT molecular complexity index is 590. The third-order valence-corrected chi connectivity index (χ3v) is 3.10. The largest absolute Gasteiger partial charge is 0.496 e. The van der Waals surface area contributed by atoms with Crippen molar-refractivity contribution in [2.75, 3.05) is 12.8 Å². The number of rotatable bonds is 4. The van der Waals surface area contributed by atoms with Gasteiger partial charge in [0.2, 0.25) is 0 Å². The highest BCUT2D eigenvalue weighted by Gasteiger charge is 2.06. The van der Waals surface area contributed by atoms with E-state index >= 15 is 0 Å². The number of nitrogen functional groups attached to an aromatic ring is 1. The zero-order valence-electron chi connectivity index (χ0n) is 10.3. The normalized spacial score (nSPS) is 10.3. The van der Waals surface area contributed by atoms with Crippen LogP contribution in [0.5, 0.6) is 11.5 Å². The van der Waals surface area contributed by atoms with Gasteiger partial charge < -0.3 is 15.2 Å². The van der Waals surface area contributed by atoms with Crippen LogP contribution < -0.4 is 15.2 Å². The zero-order chi connectivity index (χ0) is 13.8. The molecule has 5 heteroatoms. The first-order chi connectivity index (χ1) is 9.10. The summed E-state index contributed by atoms with van der Waals surface area (Å²) in [5.41, 5.74) is 6.38. The van der Waals surface area contributed by atoms with Crippen LogP contribution in [-0.2, 0) is 6.61 Å². The van der Waals surface area contributed by atoms with E-state index in [1.165, 1.54) is 12.1 Å². The molecule has 0 atom stereocenters. The van der Waals surface area contributed by atoms with Crippen LogP contribution in [0, 0.1) is 5.82 Å². The molecule has 0 aliphatic rings. The molecular weight excluding hydrogens is 313 g/mol. The zero-order valence-corrected chi connectivity index (χ0v) is 11.9. The summed E-state index contributed by atoms with van der Waals surface area (Å²) in [4.78, 5) is 0. The Hall–Kier alpha value is -1.75. The van der Waals surface area contributed by atoms with Gasteiger partial charge in [-0.3, -0.25) is 0 Å². The summed E-state index contributed by atoms with van der Waals surface area (Å²) in [5.74, 6) is 0.659. The summed E-state index contributed by atoms with van der Waals surface area (Å²) >= 11 is 3.39. The van der Waals surface area contributed by atoms with Crippen molar-refractivity contribution in [3.05, 3.63) is 52.3 Å². The maximum Gasteiger partial charge on any atom is 0.149 e. The minimum Gasteiger partial charge on any atom is -0.496 e. The molecule has 2 aromatic carbocycles. The van der Waals surface area contributed by atoms with Gasteiger partial charge in [0, 0.05) is 16.1 Å². The van der Waals surface area contributed by atoms with E-state index in [4.69, 9.17) is 15.2 Å². The second-order valence-electron chi connectivity index (χ2n) is 3.93. The van der Waals surface area contributed by atoms with Crippen LogP contribution >= 0.6 is 15.9 Å². The second kappa shape index (κ2) is 5.93. The molecule has 0 unspecified atom stereocenters. The van der Waals surface area contributed by atoms with Crippen molar-refractivity contribution in [2.45, 2.75) is 6.61 Å². The Balaban J connectivity index is 2.13. The standard InChI is InChI=1S/C14H13BrFNO2/c1-18-14-5-2-10(15)6-9(14)8-19-11-3-4-13(17)12(16)7-11/h2-7H,8,17H2,1H3. The molecule has 0 bridgehead atoms. The summed E-state index contributed by atoms with van der Waals surface area (Å²) in [7, 11) is 1.59. The minimum absolute atomic E-state index is 0.104. The van der Waals surface area contributed by atoms with Crippen LogP contribution in [0.15, 0.2) is 40.9 Å². The van der Waals surface area contributed by atoms with Gasteiger partial charge in [-0.2, -0.15) is 0 Å². The first kappa shape index (κ1) is 13.7. The van der Waals surface area contributed by atoms with E-state index in [9.17, 15) is 4.39 Å². The number of methoxy groups -OCH3 is 1. The molecule has 0 amide bonds. The molecule has 2 N–H and O–H groups in total. The molecule has 2 rings (SSSR count). The van der Waals surface area contributed by atoms with Gasteiger partial charge in [-0.25, -0.2) is 4.39 Å². The van der Waals surface area contributed by atoms with Gasteiger partial charge in [-0.05, 0) is 30.3 Å². The average Bonchev–Trinajstić information content (AvgIpc) is 2.40. The summed E-state index contributed by atoms with van der Waals surface area (Å²) in [6.07, 6.45) is 0. The first-order valence-electron chi connectivity index (χ1n) is 5.60. The molecule has 0 aromatic heterocycles. The van der Waals surface area contributed by atoms with Gasteiger partial charge in [-0.1, -0.05) is 15.9 Å². The molecule has 0 spiro atoms. The average molecular weight is 326 g/mol. The van der Waals surface area contributed by atoms with Crippen molar-refractivity contribution in [3.63, 3.8) is 0 Å². The molecule has 0 saturated heterocycles. The van der Waals surface area contributed by atoms with Gasteiger partial charge in [0.05, 0.1) is 12.8 Å². The van der Waals surface area contributed by atoms with E-state index in [1.807, 2.05) is 18.2 Å². The van der Waals surface area contributed by atoms with Crippen LogP contribution in [0.3, 0.4) is 0 Å². The third kappa shape index (κ3) is 3.38. The lowest BCUT2D eigenvalue weighted by atomic mass is 10.2. The van der Waals surface area contributed by atoms with Gasteiger partial charge in [0.25, 0.3) is 0 Å². The fourth-order valence-corrected chi connectivity index (χ4v) is 2.03. The summed E-state index contributed by atoms with van der Waals surface area (Å²) in [5, 5.41) is 0. The Labute approximate surface area is 119 Å². The van der Waals surface area contributed by atoms with E-state index in [-0.39, 0.29) is 12.3 Å². The maximum atomic E-state index is 13.3. The van der Waals surface area contributed by atoms with Crippen LogP contribution in [-0.4, -0.2) is 7.11 Å². The van der Waals surface area contributed by atoms with Crippen molar-refractivity contribution in [2.24, 2.45) is 0 Å². The van der Waals surface area contributed by atoms with Crippen LogP contribution in [0.2, 0.25) is 0 Å².